The van der Waals surface area contributed by atoms with Gasteiger partial charge in [-0.3, -0.25) is 4.79 Å². The summed E-state index contributed by atoms with van der Waals surface area (Å²) < 4.78 is 4.78. The van der Waals surface area contributed by atoms with Crippen LogP contribution in [0.25, 0.3) is 0 Å². The molecule has 5 heteroatoms. The summed E-state index contributed by atoms with van der Waals surface area (Å²) in [7, 11) is 0. The van der Waals surface area contributed by atoms with E-state index in [1.54, 1.807) is 13.8 Å². The van der Waals surface area contributed by atoms with Crippen molar-refractivity contribution < 1.29 is 14.3 Å². The first-order valence-electron chi connectivity index (χ1n) is 5.88. The van der Waals surface area contributed by atoms with Gasteiger partial charge in [0, 0.05) is 18.7 Å². The van der Waals surface area contributed by atoms with Gasteiger partial charge in [0.15, 0.2) is 0 Å². The molecule has 1 atom stereocenters. The van der Waals surface area contributed by atoms with E-state index in [1.807, 2.05) is 6.92 Å². The minimum Gasteiger partial charge on any atom is -0.463 e. The van der Waals surface area contributed by atoms with Gasteiger partial charge in [0.25, 0.3) is 0 Å². The molecule has 0 fully saturated rings. The summed E-state index contributed by atoms with van der Waals surface area (Å²) in [5, 5.41) is 5.68. The Bertz CT molecular complexity index is 277. The maximum atomic E-state index is 11.5. The van der Waals surface area contributed by atoms with Crippen molar-refractivity contribution in [1.82, 2.24) is 10.6 Å². The van der Waals surface area contributed by atoms with Gasteiger partial charge in [-0.25, -0.2) is 4.79 Å². The SMILES string of the molecule is C=C(CNC(C)C(=O)NCCC)C(=O)OCC. The average Bonchev–Trinajstić information content (AvgIpc) is 2.32. The van der Waals surface area contributed by atoms with Crippen LogP contribution in [0.1, 0.15) is 27.2 Å². The van der Waals surface area contributed by atoms with Crippen molar-refractivity contribution in [2.75, 3.05) is 19.7 Å². The lowest BCUT2D eigenvalue weighted by atomic mass is 10.2. The van der Waals surface area contributed by atoms with E-state index in [-0.39, 0.29) is 18.5 Å². The molecule has 1 unspecified atom stereocenters. The summed E-state index contributed by atoms with van der Waals surface area (Å²) in [5.41, 5.74) is 0.321. The van der Waals surface area contributed by atoms with Crippen LogP contribution in [0.15, 0.2) is 12.2 Å². The van der Waals surface area contributed by atoms with Gasteiger partial charge in [0.05, 0.1) is 12.6 Å². The van der Waals surface area contributed by atoms with Gasteiger partial charge in [-0.15, -0.1) is 0 Å². The molecule has 17 heavy (non-hydrogen) atoms. The van der Waals surface area contributed by atoms with E-state index in [9.17, 15) is 9.59 Å². The van der Waals surface area contributed by atoms with Crippen molar-refractivity contribution in [3.63, 3.8) is 0 Å². The van der Waals surface area contributed by atoms with Gasteiger partial charge in [-0.05, 0) is 20.3 Å². The average molecular weight is 242 g/mol. The van der Waals surface area contributed by atoms with Crippen LogP contribution < -0.4 is 10.6 Å². The number of nitrogens with one attached hydrogen (secondary N) is 2. The summed E-state index contributed by atoms with van der Waals surface area (Å²) in [4.78, 5) is 22.7. The van der Waals surface area contributed by atoms with Crippen LogP contribution in [0.4, 0.5) is 0 Å². The molecule has 0 aromatic carbocycles. The Morgan fingerprint density at radius 1 is 1.35 bits per heavy atom. The van der Waals surface area contributed by atoms with Gasteiger partial charge in [-0.2, -0.15) is 0 Å². The standard InChI is InChI=1S/C12H22N2O3/c1-5-7-13-11(15)10(4)14-8-9(3)12(16)17-6-2/h10,14H,3,5-8H2,1-2,4H3,(H,13,15). The first-order chi connectivity index (χ1) is 8.02. The summed E-state index contributed by atoms with van der Waals surface area (Å²) in [6.45, 7) is 10.3. The smallest absolute Gasteiger partial charge is 0.334 e. The minimum atomic E-state index is -0.429. The Balaban J connectivity index is 3.90. The molecule has 0 radical (unpaired) electrons. The topological polar surface area (TPSA) is 67.4 Å². The number of carbonyl (C=O) groups excluding carboxylic acids is 2. The third kappa shape index (κ3) is 6.73. The van der Waals surface area contributed by atoms with Gasteiger partial charge >= 0.3 is 5.97 Å². The second-order valence-electron chi connectivity index (χ2n) is 3.72. The largest absolute Gasteiger partial charge is 0.463 e. The van der Waals surface area contributed by atoms with Gasteiger partial charge in [0.1, 0.15) is 0 Å². The maximum Gasteiger partial charge on any atom is 0.334 e. The van der Waals surface area contributed by atoms with Crippen LogP contribution >= 0.6 is 0 Å². The quantitative estimate of drug-likeness (QED) is 0.483. The first-order valence-corrected chi connectivity index (χ1v) is 5.88. The van der Waals surface area contributed by atoms with Gasteiger partial charge in [-0.1, -0.05) is 13.5 Å². The molecule has 0 spiro atoms. The fourth-order valence-corrected chi connectivity index (χ4v) is 1.08. The highest BCUT2D eigenvalue weighted by molar-refractivity contribution is 5.88. The molecule has 98 valence electrons. The molecule has 0 aliphatic heterocycles. The number of ether oxygens (including phenoxy) is 1. The van der Waals surface area contributed by atoms with Crippen molar-refractivity contribution in [2.45, 2.75) is 33.2 Å². The van der Waals surface area contributed by atoms with E-state index in [4.69, 9.17) is 4.74 Å². The fourth-order valence-electron chi connectivity index (χ4n) is 1.08. The number of hydrogen-bond acceptors (Lipinski definition) is 4. The van der Waals surface area contributed by atoms with E-state index < -0.39 is 5.97 Å². The maximum absolute atomic E-state index is 11.5. The van der Waals surface area contributed by atoms with E-state index >= 15 is 0 Å². The molecular weight excluding hydrogens is 220 g/mol. The normalized spacial score (nSPS) is 11.7. The van der Waals surface area contributed by atoms with Crippen LogP contribution in [0.5, 0.6) is 0 Å². The zero-order valence-corrected chi connectivity index (χ0v) is 10.8. The predicted octanol–water partition coefficient (Wildman–Crippen LogP) is 0.610. The second-order valence-corrected chi connectivity index (χ2v) is 3.72. The molecule has 0 aliphatic carbocycles. The fraction of sp³-hybridized carbons (Fsp3) is 0.667. The molecule has 0 aromatic rings. The molecular formula is C12H22N2O3. The van der Waals surface area contributed by atoms with Crippen molar-refractivity contribution >= 4 is 11.9 Å². The molecule has 0 aromatic heterocycles. The zero-order valence-electron chi connectivity index (χ0n) is 10.8. The minimum absolute atomic E-state index is 0.0801. The van der Waals surface area contributed by atoms with E-state index in [2.05, 4.69) is 17.2 Å². The molecule has 0 aliphatic rings. The van der Waals surface area contributed by atoms with E-state index in [1.165, 1.54) is 0 Å². The lowest BCUT2D eigenvalue weighted by Crippen LogP contribution is -2.43. The summed E-state index contributed by atoms with van der Waals surface area (Å²) >= 11 is 0. The molecule has 2 N–H and O–H groups in total. The van der Waals surface area contributed by atoms with Crippen molar-refractivity contribution in [2.24, 2.45) is 0 Å². The Labute approximate surface area is 103 Å². The number of hydrogen-bond donors (Lipinski definition) is 2. The van der Waals surface area contributed by atoms with Crippen LogP contribution in [-0.4, -0.2) is 37.6 Å². The summed E-state index contributed by atoms with van der Waals surface area (Å²) in [6, 6.07) is -0.354. The first kappa shape index (κ1) is 15.6. The second kappa shape index (κ2) is 8.75. The van der Waals surface area contributed by atoms with Crippen molar-refractivity contribution in [3.8, 4) is 0 Å². The molecule has 5 nitrogen and oxygen atoms in total. The molecule has 0 rings (SSSR count). The van der Waals surface area contributed by atoms with Crippen LogP contribution in [0.3, 0.4) is 0 Å². The summed E-state index contributed by atoms with van der Waals surface area (Å²) in [5.74, 6) is -0.510. The molecule has 0 saturated carbocycles. The van der Waals surface area contributed by atoms with E-state index in [0.29, 0.717) is 18.7 Å². The molecule has 0 heterocycles. The van der Waals surface area contributed by atoms with E-state index in [0.717, 1.165) is 6.42 Å². The Morgan fingerprint density at radius 3 is 2.53 bits per heavy atom. The molecule has 0 saturated heterocycles. The number of esters is 1. The number of rotatable bonds is 8. The Kier molecular flexibility index (Phi) is 8.05. The zero-order chi connectivity index (χ0) is 13.3. The highest BCUT2D eigenvalue weighted by Gasteiger charge is 2.13. The van der Waals surface area contributed by atoms with Gasteiger partial charge in [0.2, 0.25) is 5.91 Å². The lowest BCUT2D eigenvalue weighted by molar-refractivity contribution is -0.138. The predicted molar refractivity (Wildman–Crippen MR) is 66.5 cm³/mol. The highest BCUT2D eigenvalue weighted by Crippen LogP contribution is 1.94. The highest BCUT2D eigenvalue weighted by atomic mass is 16.5. The Hall–Kier alpha value is -1.36. The number of amides is 1. The Morgan fingerprint density at radius 2 is 2.00 bits per heavy atom. The third-order valence-electron chi connectivity index (χ3n) is 2.13. The number of carbonyl (C=O) groups is 2. The van der Waals surface area contributed by atoms with Crippen LogP contribution in [0.2, 0.25) is 0 Å². The molecule has 1 amide bonds. The van der Waals surface area contributed by atoms with Crippen molar-refractivity contribution in [3.05, 3.63) is 12.2 Å². The summed E-state index contributed by atoms with van der Waals surface area (Å²) in [6.07, 6.45) is 0.897. The third-order valence-corrected chi connectivity index (χ3v) is 2.13. The van der Waals surface area contributed by atoms with Crippen LogP contribution in [-0.2, 0) is 14.3 Å². The van der Waals surface area contributed by atoms with Crippen LogP contribution in [0, 0.1) is 0 Å². The lowest BCUT2D eigenvalue weighted by Gasteiger charge is -2.14. The monoisotopic (exact) mass is 242 g/mol. The molecule has 0 bridgehead atoms. The van der Waals surface area contributed by atoms with Gasteiger partial charge < -0.3 is 15.4 Å². The van der Waals surface area contributed by atoms with Crippen molar-refractivity contribution in [1.29, 1.82) is 0 Å².